The first-order valence-electron chi connectivity index (χ1n) is 13.6. The topological polar surface area (TPSA) is 53.5 Å². The van der Waals surface area contributed by atoms with Crippen LogP contribution in [0.3, 0.4) is 0 Å². The van der Waals surface area contributed by atoms with E-state index in [9.17, 15) is 9.59 Å². The molecule has 3 fully saturated rings. The molecule has 186 valence electrons. The predicted octanol–water partition coefficient (Wildman–Crippen LogP) is 5.20. The van der Waals surface area contributed by atoms with Crippen molar-refractivity contribution in [2.24, 2.45) is 11.3 Å². The van der Waals surface area contributed by atoms with Gasteiger partial charge in [0.05, 0.1) is 0 Å². The van der Waals surface area contributed by atoms with E-state index in [2.05, 4.69) is 54.3 Å². The van der Waals surface area contributed by atoms with Crippen LogP contribution in [0.4, 0.5) is 0 Å². The van der Waals surface area contributed by atoms with Gasteiger partial charge in [0.1, 0.15) is 0 Å². The Balaban J connectivity index is 1.14. The molecule has 0 atom stereocenters. The third kappa shape index (κ3) is 5.44. The molecule has 0 radical (unpaired) electrons. The van der Waals surface area contributed by atoms with Crippen LogP contribution in [-0.4, -0.2) is 52.8 Å². The lowest BCUT2D eigenvalue weighted by molar-refractivity contribution is -0.149. The fourth-order valence-electron chi connectivity index (χ4n) is 6.25. The number of hydrogen-bond donors (Lipinski definition) is 0. The molecule has 2 saturated heterocycles. The summed E-state index contributed by atoms with van der Waals surface area (Å²) in [5.74, 6) is 1.26. The maximum atomic E-state index is 13.5. The van der Waals surface area contributed by atoms with Crippen LogP contribution in [-0.2, 0) is 16.0 Å². The van der Waals surface area contributed by atoms with Crippen LogP contribution in [0.25, 0.3) is 0 Å². The maximum absolute atomic E-state index is 13.5. The summed E-state index contributed by atoms with van der Waals surface area (Å²) in [6, 6.07) is 16.9. The molecule has 2 amide bonds. The largest absolute Gasteiger partial charge is 0.342 e. The van der Waals surface area contributed by atoms with E-state index in [-0.39, 0.29) is 17.2 Å². The van der Waals surface area contributed by atoms with Gasteiger partial charge in [0, 0.05) is 61.2 Å². The van der Waals surface area contributed by atoms with E-state index >= 15 is 0 Å². The van der Waals surface area contributed by atoms with Gasteiger partial charge in [0.15, 0.2) is 0 Å². The Labute approximate surface area is 209 Å². The van der Waals surface area contributed by atoms with E-state index in [1.807, 2.05) is 11.0 Å². The van der Waals surface area contributed by atoms with Gasteiger partial charge in [-0.1, -0.05) is 56.2 Å². The number of amides is 2. The van der Waals surface area contributed by atoms with Gasteiger partial charge in [-0.15, -0.1) is 0 Å². The highest BCUT2D eigenvalue weighted by atomic mass is 16.2. The number of nitrogens with zero attached hydrogens (tertiary/aromatic N) is 3. The van der Waals surface area contributed by atoms with Gasteiger partial charge in [-0.25, -0.2) is 0 Å². The molecule has 35 heavy (non-hydrogen) atoms. The van der Waals surface area contributed by atoms with Gasteiger partial charge in [-0.2, -0.15) is 0 Å². The van der Waals surface area contributed by atoms with E-state index in [0.29, 0.717) is 11.8 Å². The fourth-order valence-corrected chi connectivity index (χ4v) is 6.25. The molecule has 2 aliphatic heterocycles. The summed E-state index contributed by atoms with van der Waals surface area (Å²) in [5, 5.41) is 0. The Hall–Kier alpha value is -2.69. The number of aromatic nitrogens is 1. The van der Waals surface area contributed by atoms with Crippen molar-refractivity contribution in [3.8, 4) is 0 Å². The number of carbonyl (C=O) groups excluding carboxylic acids is 2. The van der Waals surface area contributed by atoms with Crippen molar-refractivity contribution in [2.75, 3.05) is 26.2 Å². The molecule has 3 aliphatic rings. The minimum absolute atomic E-state index is 0.230. The van der Waals surface area contributed by atoms with Gasteiger partial charge in [-0.3, -0.25) is 14.6 Å². The zero-order valence-corrected chi connectivity index (χ0v) is 21.1. The molecule has 1 aromatic heterocycles. The van der Waals surface area contributed by atoms with Crippen LogP contribution in [0, 0.1) is 11.3 Å². The summed E-state index contributed by atoms with van der Waals surface area (Å²) in [4.78, 5) is 35.4. The molecule has 0 unspecified atom stereocenters. The van der Waals surface area contributed by atoms with Crippen LogP contribution in [0.2, 0.25) is 0 Å². The Morgan fingerprint density at radius 3 is 2.23 bits per heavy atom. The molecule has 5 rings (SSSR count). The molecule has 5 heteroatoms. The van der Waals surface area contributed by atoms with Crippen molar-refractivity contribution in [2.45, 2.75) is 70.6 Å². The van der Waals surface area contributed by atoms with E-state index in [1.54, 1.807) is 0 Å². The van der Waals surface area contributed by atoms with Crippen LogP contribution in [0.15, 0.2) is 48.5 Å². The molecule has 0 N–H and O–H groups in total. The van der Waals surface area contributed by atoms with Crippen LogP contribution >= 0.6 is 0 Å². The molecule has 2 aromatic rings. The zero-order chi connectivity index (χ0) is 24.3. The second-order valence-electron chi connectivity index (χ2n) is 11.1. The fraction of sp³-hybridized carbons (Fsp3) is 0.567. The first-order chi connectivity index (χ1) is 17.0. The standard InChI is InChI=1S/C30H39N3O2/c1-30(16-20-32(21-17-30)28(34)25-10-5-6-11-25)29(35)33-18-14-24(15-19-33)27-13-7-12-26(31-27)22-23-8-3-2-4-9-23/h2-4,7-9,12-13,24-25H,5-6,10-11,14-22H2,1H3. The second-order valence-corrected chi connectivity index (χ2v) is 11.1. The number of benzene rings is 1. The molecular formula is C30H39N3O2. The number of piperidine rings is 2. The average Bonchev–Trinajstić information content (AvgIpc) is 3.44. The first kappa shape index (κ1) is 24.0. The lowest BCUT2D eigenvalue weighted by Crippen LogP contribution is -2.52. The molecule has 1 aliphatic carbocycles. The number of carbonyl (C=O) groups is 2. The van der Waals surface area contributed by atoms with Crippen molar-refractivity contribution in [3.05, 3.63) is 65.5 Å². The molecular weight excluding hydrogens is 434 g/mol. The van der Waals surface area contributed by atoms with E-state index in [1.165, 1.54) is 18.4 Å². The highest BCUT2D eigenvalue weighted by Crippen LogP contribution is 2.37. The van der Waals surface area contributed by atoms with Crippen molar-refractivity contribution in [1.82, 2.24) is 14.8 Å². The summed E-state index contributed by atoms with van der Waals surface area (Å²) in [6.07, 6.45) is 8.82. The maximum Gasteiger partial charge on any atom is 0.228 e. The summed E-state index contributed by atoms with van der Waals surface area (Å²) in [7, 11) is 0. The number of likely N-dealkylation sites (tertiary alicyclic amines) is 2. The predicted molar refractivity (Wildman–Crippen MR) is 138 cm³/mol. The first-order valence-corrected chi connectivity index (χ1v) is 13.6. The third-order valence-electron chi connectivity index (χ3n) is 8.66. The lowest BCUT2D eigenvalue weighted by atomic mass is 9.78. The van der Waals surface area contributed by atoms with Crippen LogP contribution < -0.4 is 0 Å². The van der Waals surface area contributed by atoms with E-state index < -0.39 is 0 Å². The summed E-state index contributed by atoms with van der Waals surface area (Å²) < 4.78 is 0. The molecule has 3 heterocycles. The van der Waals surface area contributed by atoms with Crippen molar-refractivity contribution < 1.29 is 9.59 Å². The van der Waals surface area contributed by atoms with Gasteiger partial charge in [-0.05, 0) is 56.2 Å². The van der Waals surface area contributed by atoms with Crippen molar-refractivity contribution in [1.29, 1.82) is 0 Å². The van der Waals surface area contributed by atoms with Gasteiger partial charge >= 0.3 is 0 Å². The number of pyridine rings is 1. The van der Waals surface area contributed by atoms with Gasteiger partial charge in [0.25, 0.3) is 0 Å². The minimum atomic E-state index is -0.340. The van der Waals surface area contributed by atoms with Gasteiger partial charge < -0.3 is 9.80 Å². The van der Waals surface area contributed by atoms with Crippen molar-refractivity contribution in [3.63, 3.8) is 0 Å². The summed E-state index contributed by atoms with van der Waals surface area (Å²) in [5.41, 5.74) is 3.21. The Bertz CT molecular complexity index is 1010. The highest BCUT2D eigenvalue weighted by molar-refractivity contribution is 5.84. The van der Waals surface area contributed by atoms with Gasteiger partial charge in [0.2, 0.25) is 11.8 Å². The quantitative estimate of drug-likeness (QED) is 0.600. The normalized spacial score (nSPS) is 21.3. The van der Waals surface area contributed by atoms with E-state index in [4.69, 9.17) is 4.98 Å². The SMILES string of the molecule is CC1(C(=O)N2CCC(c3cccc(Cc4ccccc4)n3)CC2)CCN(C(=O)C2CCCC2)CC1. The molecule has 1 aromatic carbocycles. The lowest BCUT2D eigenvalue weighted by Gasteiger charge is -2.43. The zero-order valence-electron chi connectivity index (χ0n) is 21.1. The highest BCUT2D eigenvalue weighted by Gasteiger charge is 2.42. The Morgan fingerprint density at radius 1 is 0.857 bits per heavy atom. The van der Waals surface area contributed by atoms with Crippen LogP contribution in [0.1, 0.15) is 81.2 Å². The molecule has 0 bridgehead atoms. The third-order valence-corrected chi connectivity index (χ3v) is 8.66. The average molecular weight is 474 g/mol. The van der Waals surface area contributed by atoms with Crippen LogP contribution in [0.5, 0.6) is 0 Å². The Kier molecular flexibility index (Phi) is 7.22. The summed E-state index contributed by atoms with van der Waals surface area (Å²) in [6.45, 7) is 5.18. The second kappa shape index (κ2) is 10.5. The Morgan fingerprint density at radius 2 is 1.54 bits per heavy atom. The van der Waals surface area contributed by atoms with Crippen molar-refractivity contribution >= 4 is 11.8 Å². The molecule has 0 spiro atoms. The monoisotopic (exact) mass is 473 g/mol. The number of rotatable bonds is 5. The molecule has 5 nitrogen and oxygen atoms in total. The molecule has 1 saturated carbocycles. The van der Waals surface area contributed by atoms with E-state index in [0.717, 1.165) is 82.5 Å². The summed E-state index contributed by atoms with van der Waals surface area (Å²) >= 11 is 0. The number of hydrogen-bond acceptors (Lipinski definition) is 3. The minimum Gasteiger partial charge on any atom is -0.342 e. The smallest absolute Gasteiger partial charge is 0.228 e.